The maximum absolute atomic E-state index is 12.5. The average Bonchev–Trinajstić information content (AvgIpc) is 2.88. The average molecular weight is 364 g/mol. The number of rotatable bonds is 3. The topological polar surface area (TPSA) is 55.6 Å². The molecule has 0 bridgehead atoms. The molecule has 2 rings (SSSR count). The van der Waals surface area contributed by atoms with Crippen LogP contribution in [-0.2, 0) is 0 Å². The van der Waals surface area contributed by atoms with Gasteiger partial charge in [-0.25, -0.2) is 0 Å². The second kappa shape index (κ2) is 7.29. The molecule has 1 aliphatic rings. The predicted molar refractivity (Wildman–Crippen MR) is 85.6 cm³/mol. The van der Waals surface area contributed by atoms with Gasteiger partial charge in [0.2, 0.25) is 0 Å². The van der Waals surface area contributed by atoms with Gasteiger partial charge < -0.3 is 15.4 Å². The Kier molecular flexibility index (Phi) is 6.30. The summed E-state index contributed by atoms with van der Waals surface area (Å²) in [6.45, 7) is 3.51. The number of methoxy groups -OCH3 is 1. The molecular weight excluding hydrogens is 344 g/mol. The highest BCUT2D eigenvalue weighted by Crippen LogP contribution is 2.27. The normalized spacial score (nSPS) is 19.4. The highest BCUT2D eigenvalue weighted by atomic mass is 79.9. The predicted octanol–water partition coefficient (Wildman–Crippen LogP) is 2.69. The van der Waals surface area contributed by atoms with Gasteiger partial charge in [0, 0.05) is 23.6 Å². The number of hydrogen-bond acceptors (Lipinski definition) is 3. The summed E-state index contributed by atoms with van der Waals surface area (Å²) in [6, 6.07) is 5.57. The van der Waals surface area contributed by atoms with E-state index in [1.165, 1.54) is 0 Å². The van der Waals surface area contributed by atoms with Crippen molar-refractivity contribution in [3.8, 4) is 5.75 Å². The van der Waals surface area contributed by atoms with Crippen LogP contribution in [0, 0.1) is 5.92 Å². The smallest absolute Gasteiger partial charge is 0.255 e. The standard InChI is InChI=1S/C14H19BrN2O2.ClH/c1-9(16)10-5-6-17(8-10)14(18)12-7-11(19-2)3-4-13(12)15;/h3-4,7,9-10H,5-6,8,16H2,1-2H3;1H. The van der Waals surface area contributed by atoms with E-state index in [1.807, 2.05) is 24.0 Å². The third-order valence-corrected chi connectivity index (χ3v) is 4.35. The van der Waals surface area contributed by atoms with E-state index >= 15 is 0 Å². The summed E-state index contributed by atoms with van der Waals surface area (Å²) < 4.78 is 5.96. The molecule has 1 aliphatic heterocycles. The summed E-state index contributed by atoms with van der Waals surface area (Å²) in [7, 11) is 1.60. The van der Waals surface area contributed by atoms with E-state index < -0.39 is 0 Å². The Morgan fingerprint density at radius 3 is 2.80 bits per heavy atom. The summed E-state index contributed by atoms with van der Waals surface area (Å²) in [6.07, 6.45) is 0.977. The van der Waals surface area contributed by atoms with Crippen LogP contribution in [0.4, 0.5) is 0 Å². The lowest BCUT2D eigenvalue weighted by Crippen LogP contribution is -2.33. The van der Waals surface area contributed by atoms with Gasteiger partial charge in [0.05, 0.1) is 12.7 Å². The lowest BCUT2D eigenvalue weighted by Gasteiger charge is -2.19. The van der Waals surface area contributed by atoms with Gasteiger partial charge in [-0.15, -0.1) is 12.4 Å². The Bertz CT molecular complexity index is 482. The van der Waals surface area contributed by atoms with Crippen molar-refractivity contribution in [3.63, 3.8) is 0 Å². The molecule has 1 saturated heterocycles. The molecule has 20 heavy (non-hydrogen) atoms. The molecule has 2 unspecified atom stereocenters. The number of hydrogen-bond donors (Lipinski definition) is 1. The number of amides is 1. The molecule has 0 saturated carbocycles. The van der Waals surface area contributed by atoms with Crippen LogP contribution in [0.15, 0.2) is 22.7 Å². The summed E-state index contributed by atoms with van der Waals surface area (Å²) in [5.74, 6) is 1.12. The Morgan fingerprint density at radius 2 is 2.25 bits per heavy atom. The van der Waals surface area contributed by atoms with Gasteiger partial charge in [-0.2, -0.15) is 0 Å². The molecule has 1 fully saturated rings. The fraction of sp³-hybridized carbons (Fsp3) is 0.500. The van der Waals surface area contributed by atoms with Crippen LogP contribution in [0.2, 0.25) is 0 Å². The van der Waals surface area contributed by atoms with Crippen molar-refractivity contribution in [1.82, 2.24) is 4.90 Å². The van der Waals surface area contributed by atoms with Gasteiger partial charge in [0.15, 0.2) is 0 Å². The fourth-order valence-corrected chi connectivity index (χ4v) is 2.78. The molecule has 0 spiro atoms. The van der Waals surface area contributed by atoms with Gasteiger partial charge in [0.25, 0.3) is 5.91 Å². The van der Waals surface area contributed by atoms with E-state index in [1.54, 1.807) is 13.2 Å². The van der Waals surface area contributed by atoms with Crippen LogP contribution in [0.1, 0.15) is 23.7 Å². The van der Waals surface area contributed by atoms with Crippen LogP contribution in [0.5, 0.6) is 5.75 Å². The Morgan fingerprint density at radius 1 is 1.55 bits per heavy atom. The number of likely N-dealkylation sites (tertiary alicyclic amines) is 1. The van der Waals surface area contributed by atoms with E-state index in [0.717, 1.165) is 24.0 Å². The highest BCUT2D eigenvalue weighted by molar-refractivity contribution is 9.10. The number of ether oxygens (including phenoxy) is 1. The molecule has 1 amide bonds. The minimum Gasteiger partial charge on any atom is -0.497 e. The molecule has 0 aliphatic carbocycles. The molecule has 0 radical (unpaired) electrons. The van der Waals surface area contributed by atoms with Crippen LogP contribution < -0.4 is 10.5 Å². The quantitative estimate of drug-likeness (QED) is 0.898. The SMILES string of the molecule is COc1ccc(Br)c(C(=O)N2CCC(C(C)N)C2)c1.Cl. The Balaban J connectivity index is 0.00000200. The number of halogens is 2. The minimum absolute atomic E-state index is 0. The monoisotopic (exact) mass is 362 g/mol. The summed E-state index contributed by atoms with van der Waals surface area (Å²) in [5, 5.41) is 0. The van der Waals surface area contributed by atoms with E-state index in [-0.39, 0.29) is 24.4 Å². The maximum atomic E-state index is 12.5. The Labute approximate surface area is 134 Å². The largest absolute Gasteiger partial charge is 0.497 e. The maximum Gasteiger partial charge on any atom is 0.255 e. The third-order valence-electron chi connectivity index (χ3n) is 3.66. The van der Waals surface area contributed by atoms with E-state index in [2.05, 4.69) is 15.9 Å². The second-order valence-corrected chi connectivity index (χ2v) is 5.86. The Hall–Kier alpha value is -0.780. The van der Waals surface area contributed by atoms with Crippen molar-refractivity contribution >= 4 is 34.2 Å². The summed E-state index contributed by atoms with van der Waals surface area (Å²) >= 11 is 3.42. The van der Waals surface area contributed by atoms with Crippen LogP contribution in [0.3, 0.4) is 0 Å². The van der Waals surface area contributed by atoms with Gasteiger partial charge in [-0.3, -0.25) is 4.79 Å². The first-order valence-electron chi connectivity index (χ1n) is 6.41. The lowest BCUT2D eigenvalue weighted by molar-refractivity contribution is 0.0784. The molecule has 1 aromatic rings. The second-order valence-electron chi connectivity index (χ2n) is 5.00. The van der Waals surface area contributed by atoms with Crippen molar-refractivity contribution in [3.05, 3.63) is 28.2 Å². The first kappa shape index (κ1) is 17.3. The number of carbonyl (C=O) groups is 1. The third kappa shape index (κ3) is 3.65. The van der Waals surface area contributed by atoms with Crippen molar-refractivity contribution in [2.24, 2.45) is 11.7 Å². The van der Waals surface area contributed by atoms with E-state index in [9.17, 15) is 4.79 Å². The zero-order valence-electron chi connectivity index (χ0n) is 11.6. The molecule has 1 heterocycles. The van der Waals surface area contributed by atoms with Gasteiger partial charge >= 0.3 is 0 Å². The van der Waals surface area contributed by atoms with Crippen LogP contribution in [0.25, 0.3) is 0 Å². The zero-order chi connectivity index (χ0) is 14.0. The van der Waals surface area contributed by atoms with Crippen LogP contribution in [-0.4, -0.2) is 37.0 Å². The van der Waals surface area contributed by atoms with Gasteiger partial charge in [0.1, 0.15) is 5.75 Å². The number of nitrogens with zero attached hydrogens (tertiary/aromatic N) is 1. The van der Waals surface area contributed by atoms with E-state index in [4.69, 9.17) is 10.5 Å². The molecular formula is C14H20BrClN2O2. The first-order valence-corrected chi connectivity index (χ1v) is 7.20. The van der Waals surface area contributed by atoms with Gasteiger partial charge in [-0.05, 0) is 53.4 Å². The van der Waals surface area contributed by atoms with Gasteiger partial charge in [-0.1, -0.05) is 0 Å². The van der Waals surface area contributed by atoms with Crippen molar-refractivity contribution in [2.75, 3.05) is 20.2 Å². The minimum atomic E-state index is 0. The molecule has 0 aromatic heterocycles. The lowest BCUT2D eigenvalue weighted by atomic mass is 10.0. The highest BCUT2D eigenvalue weighted by Gasteiger charge is 2.29. The number of nitrogens with two attached hydrogens (primary N) is 1. The fourth-order valence-electron chi connectivity index (χ4n) is 2.37. The van der Waals surface area contributed by atoms with Crippen LogP contribution >= 0.6 is 28.3 Å². The van der Waals surface area contributed by atoms with E-state index in [0.29, 0.717) is 17.2 Å². The molecule has 2 N–H and O–H groups in total. The molecule has 2 atom stereocenters. The molecule has 112 valence electrons. The van der Waals surface area contributed by atoms with Crippen molar-refractivity contribution < 1.29 is 9.53 Å². The number of benzene rings is 1. The first-order chi connectivity index (χ1) is 9.02. The molecule has 6 heteroatoms. The van der Waals surface area contributed by atoms with Crippen molar-refractivity contribution in [1.29, 1.82) is 0 Å². The zero-order valence-corrected chi connectivity index (χ0v) is 14.0. The summed E-state index contributed by atoms with van der Waals surface area (Å²) in [4.78, 5) is 14.4. The number of carbonyl (C=O) groups excluding carboxylic acids is 1. The molecule has 4 nitrogen and oxygen atoms in total. The molecule has 1 aromatic carbocycles. The van der Waals surface area contributed by atoms with Crippen molar-refractivity contribution in [2.45, 2.75) is 19.4 Å². The summed E-state index contributed by atoms with van der Waals surface area (Å²) in [5.41, 5.74) is 6.55.